The molecule has 166 valence electrons. The first-order valence-electron chi connectivity index (χ1n) is 9.61. The Balaban J connectivity index is 3.00. The summed E-state index contributed by atoms with van der Waals surface area (Å²) in [6.07, 6.45) is 0.133. The molecule has 1 rings (SSSR count). The van der Waals surface area contributed by atoms with Gasteiger partial charge in [0, 0.05) is 6.42 Å². The molecule has 10 nitrogen and oxygen atoms in total. The van der Waals surface area contributed by atoms with Crippen LogP contribution < -0.4 is 21.7 Å². The highest BCUT2D eigenvalue weighted by Gasteiger charge is 2.31. The average molecular weight is 422 g/mol. The zero-order chi connectivity index (χ0) is 22.8. The van der Waals surface area contributed by atoms with E-state index in [1.807, 2.05) is 6.07 Å². The molecule has 0 aromatic heterocycles. The number of nitrogens with two attached hydrogens (primary N) is 1. The standard InChI is InChI=1S/C20H30N4O6/c1-11(2)16(19(28)22-12(3)20(29)30)24-18(27)15(23-17(26)14(21)10-25)9-13-7-5-4-6-8-13/h4-8,11-12,14-16,25H,9-10,21H2,1-3H3,(H,22,28)(H,23,26)(H,24,27)(H,29,30)/t12-,14-,15-,16-/m0/s1. The van der Waals surface area contributed by atoms with E-state index in [9.17, 15) is 19.2 Å². The fourth-order valence-electron chi connectivity index (χ4n) is 2.57. The molecule has 1 aromatic rings. The molecule has 0 saturated carbocycles. The van der Waals surface area contributed by atoms with Crippen molar-refractivity contribution in [1.82, 2.24) is 16.0 Å². The molecule has 0 spiro atoms. The van der Waals surface area contributed by atoms with Crippen LogP contribution >= 0.6 is 0 Å². The van der Waals surface area contributed by atoms with Gasteiger partial charge in [0.25, 0.3) is 0 Å². The number of rotatable bonds is 11. The Morgan fingerprint density at radius 2 is 1.53 bits per heavy atom. The summed E-state index contributed by atoms with van der Waals surface area (Å²) in [5, 5.41) is 25.5. The van der Waals surface area contributed by atoms with Gasteiger partial charge >= 0.3 is 5.97 Å². The minimum Gasteiger partial charge on any atom is -0.480 e. The first-order chi connectivity index (χ1) is 14.1. The first-order valence-corrected chi connectivity index (χ1v) is 9.61. The van der Waals surface area contributed by atoms with Crippen LogP contribution in [0.1, 0.15) is 26.3 Å². The van der Waals surface area contributed by atoms with Gasteiger partial charge in [0.05, 0.1) is 6.61 Å². The van der Waals surface area contributed by atoms with Crippen molar-refractivity contribution in [3.63, 3.8) is 0 Å². The van der Waals surface area contributed by atoms with Crippen LogP contribution in [0.25, 0.3) is 0 Å². The molecule has 0 unspecified atom stereocenters. The summed E-state index contributed by atoms with van der Waals surface area (Å²) in [6, 6.07) is 4.53. The molecule has 0 bridgehead atoms. The van der Waals surface area contributed by atoms with E-state index in [2.05, 4.69) is 16.0 Å². The van der Waals surface area contributed by atoms with Crippen molar-refractivity contribution in [2.45, 2.75) is 51.4 Å². The van der Waals surface area contributed by atoms with Gasteiger partial charge in [-0.05, 0) is 18.4 Å². The van der Waals surface area contributed by atoms with E-state index in [-0.39, 0.29) is 12.3 Å². The second kappa shape index (κ2) is 11.9. The normalized spacial score (nSPS) is 14.9. The third-order valence-electron chi connectivity index (χ3n) is 4.43. The molecule has 10 heteroatoms. The highest BCUT2D eigenvalue weighted by molar-refractivity contribution is 5.94. The fourth-order valence-corrected chi connectivity index (χ4v) is 2.57. The van der Waals surface area contributed by atoms with Crippen molar-refractivity contribution < 1.29 is 29.4 Å². The third-order valence-corrected chi connectivity index (χ3v) is 4.43. The summed E-state index contributed by atoms with van der Waals surface area (Å²) >= 11 is 0. The van der Waals surface area contributed by atoms with E-state index in [4.69, 9.17) is 15.9 Å². The van der Waals surface area contributed by atoms with Crippen molar-refractivity contribution in [1.29, 1.82) is 0 Å². The summed E-state index contributed by atoms with van der Waals surface area (Å²) in [5.41, 5.74) is 6.29. The number of aliphatic hydroxyl groups is 1. The Kier molecular flexibility index (Phi) is 9.93. The summed E-state index contributed by atoms with van der Waals surface area (Å²) in [7, 11) is 0. The van der Waals surface area contributed by atoms with Gasteiger partial charge in [0.15, 0.2) is 0 Å². The molecule has 0 radical (unpaired) electrons. The molecular weight excluding hydrogens is 392 g/mol. The maximum atomic E-state index is 12.9. The van der Waals surface area contributed by atoms with Gasteiger partial charge < -0.3 is 31.9 Å². The summed E-state index contributed by atoms with van der Waals surface area (Å²) < 4.78 is 0. The van der Waals surface area contributed by atoms with Gasteiger partial charge in [-0.3, -0.25) is 19.2 Å². The van der Waals surface area contributed by atoms with E-state index in [0.717, 1.165) is 5.56 Å². The Hall–Kier alpha value is -2.98. The molecule has 0 fully saturated rings. The van der Waals surface area contributed by atoms with Crippen LogP contribution in [0, 0.1) is 5.92 Å². The topological polar surface area (TPSA) is 171 Å². The van der Waals surface area contributed by atoms with Crippen molar-refractivity contribution in [2.75, 3.05) is 6.61 Å². The van der Waals surface area contributed by atoms with Crippen LogP contribution in [-0.2, 0) is 25.6 Å². The van der Waals surface area contributed by atoms with E-state index in [0.29, 0.717) is 0 Å². The van der Waals surface area contributed by atoms with Crippen molar-refractivity contribution in [3.8, 4) is 0 Å². The Morgan fingerprint density at radius 1 is 0.933 bits per heavy atom. The Morgan fingerprint density at radius 3 is 2.03 bits per heavy atom. The monoisotopic (exact) mass is 422 g/mol. The fraction of sp³-hybridized carbons (Fsp3) is 0.500. The molecule has 3 amide bonds. The van der Waals surface area contributed by atoms with Crippen molar-refractivity contribution >= 4 is 23.7 Å². The predicted octanol–water partition coefficient (Wildman–Crippen LogP) is -1.24. The molecule has 4 atom stereocenters. The number of aliphatic carboxylic acids is 1. The van der Waals surface area contributed by atoms with Crippen molar-refractivity contribution in [3.05, 3.63) is 35.9 Å². The highest BCUT2D eigenvalue weighted by Crippen LogP contribution is 2.07. The number of hydrogen-bond acceptors (Lipinski definition) is 6. The van der Waals surface area contributed by atoms with Gasteiger partial charge in [-0.2, -0.15) is 0 Å². The molecule has 0 heterocycles. The maximum Gasteiger partial charge on any atom is 0.325 e. The van der Waals surface area contributed by atoms with Crippen LogP contribution in [0.2, 0.25) is 0 Å². The molecule has 0 aliphatic carbocycles. The zero-order valence-corrected chi connectivity index (χ0v) is 17.3. The number of carboxylic acid groups (broad SMARTS) is 1. The summed E-state index contributed by atoms with van der Waals surface area (Å²) in [6.45, 7) is 4.12. The largest absolute Gasteiger partial charge is 0.480 e. The van der Waals surface area contributed by atoms with E-state index >= 15 is 0 Å². The molecule has 30 heavy (non-hydrogen) atoms. The third kappa shape index (κ3) is 7.80. The smallest absolute Gasteiger partial charge is 0.325 e. The number of carbonyl (C=O) groups is 4. The number of amides is 3. The minimum absolute atomic E-state index is 0.133. The second-order valence-electron chi connectivity index (χ2n) is 7.34. The molecule has 1 aromatic carbocycles. The molecule has 0 aliphatic heterocycles. The van der Waals surface area contributed by atoms with Crippen LogP contribution in [0.15, 0.2) is 30.3 Å². The number of hydrogen-bond donors (Lipinski definition) is 6. The predicted molar refractivity (Wildman–Crippen MR) is 109 cm³/mol. The minimum atomic E-state index is -1.20. The highest BCUT2D eigenvalue weighted by atomic mass is 16.4. The average Bonchev–Trinajstić information content (AvgIpc) is 2.70. The van der Waals surface area contributed by atoms with Gasteiger partial charge in [-0.25, -0.2) is 0 Å². The van der Waals surface area contributed by atoms with Gasteiger partial charge in [-0.15, -0.1) is 0 Å². The van der Waals surface area contributed by atoms with Gasteiger partial charge in [0.2, 0.25) is 17.7 Å². The zero-order valence-electron chi connectivity index (χ0n) is 17.3. The number of benzene rings is 1. The number of aliphatic hydroxyl groups excluding tert-OH is 1. The summed E-state index contributed by atoms with van der Waals surface area (Å²) in [4.78, 5) is 48.5. The van der Waals surface area contributed by atoms with Crippen LogP contribution in [0.5, 0.6) is 0 Å². The van der Waals surface area contributed by atoms with Crippen molar-refractivity contribution in [2.24, 2.45) is 11.7 Å². The van der Waals surface area contributed by atoms with Crippen LogP contribution in [-0.4, -0.2) is 64.7 Å². The van der Waals surface area contributed by atoms with Crippen LogP contribution in [0.4, 0.5) is 0 Å². The molecular formula is C20H30N4O6. The number of nitrogens with one attached hydrogen (secondary N) is 3. The maximum absolute atomic E-state index is 12.9. The number of carboxylic acids is 1. The van der Waals surface area contributed by atoms with Gasteiger partial charge in [-0.1, -0.05) is 44.2 Å². The van der Waals surface area contributed by atoms with Crippen LogP contribution in [0.3, 0.4) is 0 Å². The quantitative estimate of drug-likeness (QED) is 0.259. The van der Waals surface area contributed by atoms with E-state index < -0.39 is 54.5 Å². The Labute approximate surface area is 175 Å². The summed E-state index contributed by atoms with van der Waals surface area (Å²) in [5.74, 6) is -3.54. The Bertz CT molecular complexity index is 740. The first kappa shape index (κ1) is 25.1. The van der Waals surface area contributed by atoms with Gasteiger partial charge in [0.1, 0.15) is 24.2 Å². The molecule has 7 N–H and O–H groups in total. The number of carbonyl (C=O) groups excluding carboxylic acids is 3. The SMILES string of the molecule is CC(C)[C@H](NC(=O)[C@H](Cc1ccccc1)NC(=O)[C@@H](N)CO)C(=O)N[C@@H](C)C(=O)O. The van der Waals surface area contributed by atoms with E-state index in [1.54, 1.807) is 38.1 Å². The molecule has 0 aliphatic rings. The van der Waals surface area contributed by atoms with E-state index in [1.165, 1.54) is 6.92 Å². The second-order valence-corrected chi connectivity index (χ2v) is 7.34. The lowest BCUT2D eigenvalue weighted by Crippen LogP contribution is -2.58. The lowest BCUT2D eigenvalue weighted by Gasteiger charge is -2.26. The molecule has 0 saturated heterocycles. The lowest BCUT2D eigenvalue weighted by molar-refractivity contribution is -0.142. The lowest BCUT2D eigenvalue weighted by atomic mass is 10.0.